The summed E-state index contributed by atoms with van der Waals surface area (Å²) < 4.78 is 0. The van der Waals surface area contributed by atoms with Crippen LogP contribution in [0.2, 0.25) is 0 Å². The maximum absolute atomic E-state index is 11.5. The van der Waals surface area contributed by atoms with E-state index in [1.807, 2.05) is 11.9 Å². The highest BCUT2D eigenvalue weighted by atomic mass is 16.2. The van der Waals surface area contributed by atoms with Gasteiger partial charge in [0.25, 0.3) is 0 Å². The number of likely N-dealkylation sites (tertiary alicyclic amines) is 1. The van der Waals surface area contributed by atoms with Crippen LogP contribution in [0.5, 0.6) is 0 Å². The quantitative estimate of drug-likeness (QED) is 0.519. The molecule has 2 saturated heterocycles. The van der Waals surface area contributed by atoms with Crippen molar-refractivity contribution < 1.29 is 4.79 Å². The molecule has 11 heavy (non-hydrogen) atoms. The number of nitrogens with zero attached hydrogens (tertiary/aromatic N) is 1. The summed E-state index contributed by atoms with van der Waals surface area (Å²) in [5, 5.41) is 3.27. The highest BCUT2D eigenvalue weighted by Gasteiger charge is 2.37. The molecular formula is C8H14N2O. The zero-order valence-corrected chi connectivity index (χ0v) is 6.84. The summed E-state index contributed by atoms with van der Waals surface area (Å²) in [6, 6.07) is 0. The van der Waals surface area contributed by atoms with E-state index in [2.05, 4.69) is 5.32 Å². The first-order chi connectivity index (χ1) is 5.29. The first kappa shape index (κ1) is 7.10. The number of carbonyl (C=O) groups excluding carboxylic acids is 1. The summed E-state index contributed by atoms with van der Waals surface area (Å²) in [5.74, 6) is 1.25. The van der Waals surface area contributed by atoms with Crippen molar-refractivity contribution in [3.05, 3.63) is 0 Å². The van der Waals surface area contributed by atoms with Crippen LogP contribution in [0.1, 0.15) is 6.42 Å². The van der Waals surface area contributed by atoms with Gasteiger partial charge in [-0.05, 0) is 18.9 Å². The molecule has 0 aromatic carbocycles. The van der Waals surface area contributed by atoms with Gasteiger partial charge in [-0.3, -0.25) is 4.79 Å². The molecule has 3 heteroatoms. The van der Waals surface area contributed by atoms with E-state index >= 15 is 0 Å². The molecule has 0 bridgehead atoms. The van der Waals surface area contributed by atoms with Crippen molar-refractivity contribution in [1.29, 1.82) is 0 Å². The molecule has 0 aromatic rings. The summed E-state index contributed by atoms with van der Waals surface area (Å²) in [6.07, 6.45) is 1.18. The Labute approximate surface area is 66.8 Å². The smallest absolute Gasteiger partial charge is 0.227 e. The highest BCUT2D eigenvalue weighted by molar-refractivity contribution is 5.80. The first-order valence-electron chi connectivity index (χ1n) is 4.25. The van der Waals surface area contributed by atoms with E-state index in [0.717, 1.165) is 19.6 Å². The maximum atomic E-state index is 11.5. The topological polar surface area (TPSA) is 32.3 Å². The van der Waals surface area contributed by atoms with Gasteiger partial charge in [-0.15, -0.1) is 0 Å². The maximum Gasteiger partial charge on any atom is 0.227 e. The average molecular weight is 154 g/mol. The van der Waals surface area contributed by atoms with Gasteiger partial charge < -0.3 is 10.2 Å². The molecule has 0 aliphatic carbocycles. The van der Waals surface area contributed by atoms with Crippen molar-refractivity contribution in [2.45, 2.75) is 6.42 Å². The third kappa shape index (κ3) is 1.03. The number of amides is 1. The number of carbonyl (C=O) groups is 1. The zero-order valence-electron chi connectivity index (χ0n) is 6.84. The lowest BCUT2D eigenvalue weighted by Gasteiger charge is -2.30. The van der Waals surface area contributed by atoms with Gasteiger partial charge in [0.1, 0.15) is 0 Å². The Morgan fingerprint density at radius 2 is 2.36 bits per heavy atom. The Hall–Kier alpha value is -0.570. The van der Waals surface area contributed by atoms with Crippen molar-refractivity contribution in [2.75, 3.05) is 26.7 Å². The van der Waals surface area contributed by atoms with Crippen LogP contribution in [0.15, 0.2) is 0 Å². The minimum Gasteiger partial charge on any atom is -0.345 e. The van der Waals surface area contributed by atoms with Crippen LogP contribution in [-0.4, -0.2) is 37.5 Å². The standard InChI is InChI=1S/C8H14N2O/c1-10-3-2-6-4-9-5-7(6)8(10)11/h6-7,9H,2-5H2,1H3/t6-,7+/m0/s1. The van der Waals surface area contributed by atoms with Gasteiger partial charge in [-0.25, -0.2) is 0 Å². The number of hydrogen-bond donors (Lipinski definition) is 1. The summed E-state index contributed by atoms with van der Waals surface area (Å²) in [5.41, 5.74) is 0. The SMILES string of the molecule is CN1CC[C@H]2CNC[C@H]2C1=O. The highest BCUT2D eigenvalue weighted by Crippen LogP contribution is 2.26. The van der Waals surface area contributed by atoms with Crippen molar-refractivity contribution >= 4 is 5.91 Å². The molecule has 62 valence electrons. The molecule has 2 fully saturated rings. The van der Waals surface area contributed by atoms with E-state index in [0.29, 0.717) is 11.8 Å². The van der Waals surface area contributed by atoms with Gasteiger partial charge in [0, 0.05) is 20.1 Å². The lowest BCUT2D eigenvalue weighted by Crippen LogP contribution is -2.42. The van der Waals surface area contributed by atoms with Crippen molar-refractivity contribution in [3.63, 3.8) is 0 Å². The molecule has 1 N–H and O–H groups in total. The van der Waals surface area contributed by atoms with Crippen molar-refractivity contribution in [3.8, 4) is 0 Å². The molecule has 2 atom stereocenters. The molecule has 0 radical (unpaired) electrons. The van der Waals surface area contributed by atoms with Crippen molar-refractivity contribution in [2.24, 2.45) is 11.8 Å². The minimum atomic E-state index is 0.286. The number of rotatable bonds is 0. The van der Waals surface area contributed by atoms with Gasteiger partial charge >= 0.3 is 0 Å². The molecule has 0 aromatic heterocycles. The molecule has 1 amide bonds. The number of hydrogen-bond acceptors (Lipinski definition) is 2. The second-order valence-electron chi connectivity index (χ2n) is 3.57. The Bertz CT molecular complexity index is 181. The van der Waals surface area contributed by atoms with Gasteiger partial charge in [0.05, 0.1) is 5.92 Å². The van der Waals surface area contributed by atoms with Gasteiger partial charge in [-0.2, -0.15) is 0 Å². The zero-order chi connectivity index (χ0) is 7.84. The predicted molar refractivity (Wildman–Crippen MR) is 42.1 cm³/mol. The largest absolute Gasteiger partial charge is 0.345 e. The summed E-state index contributed by atoms with van der Waals surface area (Å²) in [7, 11) is 1.90. The van der Waals surface area contributed by atoms with Crippen LogP contribution in [0.25, 0.3) is 0 Å². The van der Waals surface area contributed by atoms with Crippen LogP contribution in [0.4, 0.5) is 0 Å². The molecule has 0 unspecified atom stereocenters. The lowest BCUT2D eigenvalue weighted by molar-refractivity contribution is -0.137. The van der Waals surface area contributed by atoms with E-state index in [4.69, 9.17) is 0 Å². The van der Waals surface area contributed by atoms with Gasteiger partial charge in [-0.1, -0.05) is 0 Å². The monoisotopic (exact) mass is 154 g/mol. The Morgan fingerprint density at radius 1 is 1.55 bits per heavy atom. The van der Waals surface area contributed by atoms with E-state index in [-0.39, 0.29) is 5.92 Å². The van der Waals surface area contributed by atoms with E-state index < -0.39 is 0 Å². The average Bonchev–Trinajstić information content (AvgIpc) is 2.45. The third-order valence-corrected chi connectivity index (χ3v) is 2.87. The molecular weight excluding hydrogens is 140 g/mol. The second-order valence-corrected chi connectivity index (χ2v) is 3.57. The van der Waals surface area contributed by atoms with Crippen LogP contribution in [-0.2, 0) is 4.79 Å². The molecule has 2 rings (SSSR count). The van der Waals surface area contributed by atoms with Crippen molar-refractivity contribution in [1.82, 2.24) is 10.2 Å². The molecule has 2 aliphatic heterocycles. The number of fused-ring (bicyclic) bond motifs is 1. The normalized spacial score (nSPS) is 37.5. The van der Waals surface area contributed by atoms with E-state index in [1.54, 1.807) is 0 Å². The lowest BCUT2D eigenvalue weighted by atomic mass is 9.88. The summed E-state index contributed by atoms with van der Waals surface area (Å²) in [4.78, 5) is 13.3. The Balaban J connectivity index is 2.12. The Morgan fingerprint density at radius 3 is 3.18 bits per heavy atom. The molecule has 2 heterocycles. The minimum absolute atomic E-state index is 0.286. The fourth-order valence-electron chi connectivity index (χ4n) is 2.08. The first-order valence-corrected chi connectivity index (χ1v) is 4.25. The number of piperidine rings is 1. The van der Waals surface area contributed by atoms with Crippen LogP contribution >= 0.6 is 0 Å². The third-order valence-electron chi connectivity index (χ3n) is 2.87. The van der Waals surface area contributed by atoms with E-state index in [1.165, 1.54) is 6.42 Å². The predicted octanol–water partition coefficient (Wildman–Crippen LogP) is -0.316. The van der Waals surface area contributed by atoms with Crippen LogP contribution in [0, 0.1) is 11.8 Å². The molecule has 2 aliphatic rings. The fraction of sp³-hybridized carbons (Fsp3) is 0.875. The van der Waals surface area contributed by atoms with Crippen LogP contribution in [0.3, 0.4) is 0 Å². The summed E-state index contributed by atoms with van der Waals surface area (Å²) >= 11 is 0. The fourth-order valence-corrected chi connectivity index (χ4v) is 2.08. The number of nitrogens with one attached hydrogen (secondary N) is 1. The molecule has 0 spiro atoms. The van der Waals surface area contributed by atoms with E-state index in [9.17, 15) is 4.79 Å². The van der Waals surface area contributed by atoms with Crippen LogP contribution < -0.4 is 5.32 Å². The molecule has 3 nitrogen and oxygen atoms in total. The van der Waals surface area contributed by atoms with Gasteiger partial charge in [0.2, 0.25) is 5.91 Å². The second kappa shape index (κ2) is 2.48. The molecule has 0 saturated carbocycles. The summed E-state index contributed by atoms with van der Waals surface area (Å²) in [6.45, 7) is 2.89. The van der Waals surface area contributed by atoms with Gasteiger partial charge in [0.15, 0.2) is 0 Å². The Kier molecular flexibility index (Phi) is 1.60.